The normalized spacial score (nSPS) is 34.5. The van der Waals surface area contributed by atoms with Crippen molar-refractivity contribution in [1.82, 2.24) is 0 Å². The van der Waals surface area contributed by atoms with Crippen LogP contribution < -0.4 is 5.32 Å². The fourth-order valence-electron chi connectivity index (χ4n) is 0.960. The second kappa shape index (κ2) is 1.61. The third kappa shape index (κ3) is 0.716. The van der Waals surface area contributed by atoms with E-state index in [-0.39, 0.29) is 0 Å². The summed E-state index contributed by atoms with van der Waals surface area (Å²) in [4.78, 5) is 0. The highest BCUT2D eigenvalue weighted by Gasteiger charge is 2.10. The van der Waals surface area contributed by atoms with Gasteiger partial charge in [-0.1, -0.05) is 0 Å². The average Bonchev–Trinajstić information content (AvgIpc) is 1.86. The Bertz CT molecular complexity index is 37.2. The molecule has 0 aromatic rings. The maximum absolute atomic E-state index is 2.40. The standard InChI is InChI=1S/C5H11N/c1-5-3-2-4-6-5/h5-6H,2-4H2,1H3/p+1/t5-/m0/s1. The zero-order valence-electron chi connectivity index (χ0n) is 4.28. The summed E-state index contributed by atoms with van der Waals surface area (Å²) in [5.74, 6) is 0. The van der Waals surface area contributed by atoms with Crippen molar-refractivity contribution in [1.29, 1.82) is 0 Å². The molecule has 1 atom stereocenters. The summed E-state index contributed by atoms with van der Waals surface area (Å²) in [5.41, 5.74) is 0. The summed E-state index contributed by atoms with van der Waals surface area (Å²) in [6, 6.07) is 0.921. The number of hydrogen-bond donors (Lipinski definition) is 1. The fraction of sp³-hybridized carbons (Fsp3) is 1.00. The van der Waals surface area contributed by atoms with Crippen LogP contribution in [0, 0.1) is 0 Å². The first-order chi connectivity index (χ1) is 2.89. The molecule has 1 nitrogen and oxygen atoms in total. The molecular formula is C5H12N+. The Hall–Kier alpha value is -0.0400. The molecule has 1 saturated heterocycles. The zero-order valence-corrected chi connectivity index (χ0v) is 4.28. The molecule has 1 heterocycles. The SMILES string of the molecule is C[C@H]1CCC[NH2+]1. The molecule has 1 fully saturated rings. The minimum Gasteiger partial charge on any atom is -0.344 e. The largest absolute Gasteiger partial charge is 0.344 e. The zero-order chi connectivity index (χ0) is 4.41. The Kier molecular flexibility index (Phi) is 1.10. The van der Waals surface area contributed by atoms with Crippen LogP contribution >= 0.6 is 0 Å². The topological polar surface area (TPSA) is 16.6 Å². The monoisotopic (exact) mass is 86.1 g/mol. The quantitative estimate of drug-likeness (QED) is 0.418. The molecule has 0 saturated carbocycles. The highest BCUT2D eigenvalue weighted by Crippen LogP contribution is 1.93. The minimum absolute atomic E-state index is 0.921. The van der Waals surface area contributed by atoms with Crippen LogP contribution in [-0.2, 0) is 0 Å². The van der Waals surface area contributed by atoms with Gasteiger partial charge < -0.3 is 5.32 Å². The molecule has 0 aliphatic carbocycles. The van der Waals surface area contributed by atoms with Gasteiger partial charge in [-0.25, -0.2) is 0 Å². The van der Waals surface area contributed by atoms with Gasteiger partial charge in [0.15, 0.2) is 0 Å². The Morgan fingerprint density at radius 1 is 1.67 bits per heavy atom. The van der Waals surface area contributed by atoms with Crippen molar-refractivity contribution in [3.63, 3.8) is 0 Å². The molecule has 0 aromatic heterocycles. The van der Waals surface area contributed by atoms with Gasteiger partial charge in [-0.2, -0.15) is 0 Å². The van der Waals surface area contributed by atoms with Crippen molar-refractivity contribution in [2.24, 2.45) is 0 Å². The Morgan fingerprint density at radius 3 is 2.67 bits per heavy atom. The predicted octanol–water partition coefficient (Wildman–Crippen LogP) is -0.268. The molecule has 1 heteroatoms. The Labute approximate surface area is 38.7 Å². The van der Waals surface area contributed by atoms with Gasteiger partial charge in [0.05, 0.1) is 12.6 Å². The van der Waals surface area contributed by atoms with Crippen LogP contribution in [0.15, 0.2) is 0 Å². The second-order valence-electron chi connectivity index (χ2n) is 2.14. The highest BCUT2D eigenvalue weighted by atomic mass is 14.9. The molecule has 1 aliphatic rings. The van der Waals surface area contributed by atoms with Gasteiger partial charge in [-0.3, -0.25) is 0 Å². The van der Waals surface area contributed by atoms with E-state index in [4.69, 9.17) is 0 Å². The molecule has 6 heavy (non-hydrogen) atoms. The third-order valence-electron chi connectivity index (χ3n) is 1.43. The van der Waals surface area contributed by atoms with E-state index in [0.717, 1.165) is 6.04 Å². The van der Waals surface area contributed by atoms with Gasteiger partial charge in [0.2, 0.25) is 0 Å². The summed E-state index contributed by atoms with van der Waals surface area (Å²) in [6.07, 6.45) is 2.86. The second-order valence-corrected chi connectivity index (χ2v) is 2.14. The van der Waals surface area contributed by atoms with E-state index in [1.165, 1.54) is 19.4 Å². The number of quaternary nitrogens is 1. The molecular weight excluding hydrogens is 74.1 g/mol. The van der Waals surface area contributed by atoms with Crippen LogP contribution in [0.4, 0.5) is 0 Å². The maximum Gasteiger partial charge on any atom is 0.0832 e. The molecule has 0 unspecified atom stereocenters. The van der Waals surface area contributed by atoms with Crippen molar-refractivity contribution >= 4 is 0 Å². The maximum atomic E-state index is 2.40. The summed E-state index contributed by atoms with van der Waals surface area (Å²) < 4.78 is 0. The first-order valence-electron chi connectivity index (χ1n) is 2.73. The van der Waals surface area contributed by atoms with Gasteiger partial charge >= 0.3 is 0 Å². The van der Waals surface area contributed by atoms with Crippen LogP contribution in [0.2, 0.25) is 0 Å². The van der Waals surface area contributed by atoms with E-state index in [1.807, 2.05) is 0 Å². The van der Waals surface area contributed by atoms with Gasteiger partial charge in [0.25, 0.3) is 0 Å². The van der Waals surface area contributed by atoms with Crippen LogP contribution in [-0.4, -0.2) is 12.6 Å². The molecule has 1 rings (SSSR count). The summed E-state index contributed by atoms with van der Waals surface area (Å²) in [5, 5.41) is 2.40. The minimum atomic E-state index is 0.921. The van der Waals surface area contributed by atoms with Crippen molar-refractivity contribution in [3.8, 4) is 0 Å². The Balaban J connectivity index is 2.18. The lowest BCUT2D eigenvalue weighted by Crippen LogP contribution is -2.85. The van der Waals surface area contributed by atoms with Crippen LogP contribution in [0.25, 0.3) is 0 Å². The molecule has 0 radical (unpaired) electrons. The van der Waals surface area contributed by atoms with Gasteiger partial charge in [0.1, 0.15) is 0 Å². The summed E-state index contributed by atoms with van der Waals surface area (Å²) in [6.45, 7) is 3.65. The molecule has 36 valence electrons. The highest BCUT2D eigenvalue weighted by molar-refractivity contribution is 4.50. The van der Waals surface area contributed by atoms with Crippen LogP contribution in [0.5, 0.6) is 0 Å². The molecule has 0 amide bonds. The fourth-order valence-corrected chi connectivity index (χ4v) is 0.960. The van der Waals surface area contributed by atoms with Gasteiger partial charge in [-0.15, -0.1) is 0 Å². The van der Waals surface area contributed by atoms with Crippen molar-refractivity contribution in [3.05, 3.63) is 0 Å². The third-order valence-corrected chi connectivity index (χ3v) is 1.43. The summed E-state index contributed by atoms with van der Waals surface area (Å²) in [7, 11) is 0. The molecule has 2 N–H and O–H groups in total. The number of nitrogens with two attached hydrogens (primary N) is 1. The average molecular weight is 86.2 g/mol. The van der Waals surface area contributed by atoms with E-state index in [0.29, 0.717) is 0 Å². The van der Waals surface area contributed by atoms with Crippen molar-refractivity contribution in [2.45, 2.75) is 25.8 Å². The van der Waals surface area contributed by atoms with Gasteiger partial charge in [-0.05, 0) is 6.92 Å². The first kappa shape index (κ1) is 4.13. The molecule has 1 aliphatic heterocycles. The van der Waals surface area contributed by atoms with E-state index < -0.39 is 0 Å². The van der Waals surface area contributed by atoms with E-state index in [9.17, 15) is 0 Å². The lowest BCUT2D eigenvalue weighted by atomic mass is 10.3. The molecule has 0 spiro atoms. The van der Waals surface area contributed by atoms with Crippen molar-refractivity contribution in [2.75, 3.05) is 6.54 Å². The number of hydrogen-bond acceptors (Lipinski definition) is 0. The first-order valence-corrected chi connectivity index (χ1v) is 2.73. The van der Waals surface area contributed by atoms with E-state index in [1.54, 1.807) is 0 Å². The number of rotatable bonds is 0. The Morgan fingerprint density at radius 2 is 2.50 bits per heavy atom. The van der Waals surface area contributed by atoms with Gasteiger partial charge in [0, 0.05) is 12.8 Å². The van der Waals surface area contributed by atoms with Crippen LogP contribution in [0.3, 0.4) is 0 Å². The summed E-state index contributed by atoms with van der Waals surface area (Å²) >= 11 is 0. The molecule has 0 bridgehead atoms. The van der Waals surface area contributed by atoms with E-state index >= 15 is 0 Å². The smallest absolute Gasteiger partial charge is 0.0832 e. The molecule has 0 aromatic carbocycles. The lowest BCUT2D eigenvalue weighted by molar-refractivity contribution is -0.666. The van der Waals surface area contributed by atoms with Crippen molar-refractivity contribution < 1.29 is 5.32 Å². The predicted molar refractivity (Wildman–Crippen MR) is 25.5 cm³/mol. The van der Waals surface area contributed by atoms with E-state index in [2.05, 4.69) is 12.2 Å². The lowest BCUT2D eigenvalue weighted by Gasteiger charge is -1.91. The van der Waals surface area contributed by atoms with Crippen LogP contribution in [0.1, 0.15) is 19.8 Å².